The first-order valence-electron chi connectivity index (χ1n) is 6.11. The number of hydrogen-bond donors (Lipinski definition) is 2. The maximum absolute atomic E-state index is 11.5. The minimum Gasteiger partial charge on any atom is -0.354 e. The Hall–Kier alpha value is -0.570. The lowest BCUT2D eigenvalue weighted by Gasteiger charge is -2.39. The monoisotopic (exact) mass is 210 g/mol. The molecule has 1 aliphatic carbocycles. The van der Waals surface area contributed by atoms with Gasteiger partial charge >= 0.3 is 0 Å². The van der Waals surface area contributed by atoms with Crippen molar-refractivity contribution in [3.63, 3.8) is 0 Å². The summed E-state index contributed by atoms with van der Waals surface area (Å²) in [6.07, 6.45) is 4.69. The van der Waals surface area contributed by atoms with E-state index >= 15 is 0 Å². The molecule has 1 aliphatic heterocycles. The maximum Gasteiger partial charge on any atom is 0.223 e. The van der Waals surface area contributed by atoms with Gasteiger partial charge in [-0.1, -0.05) is 13.8 Å². The van der Waals surface area contributed by atoms with Gasteiger partial charge in [0, 0.05) is 18.5 Å². The van der Waals surface area contributed by atoms with Gasteiger partial charge in [0.2, 0.25) is 5.91 Å². The third-order valence-electron chi connectivity index (χ3n) is 3.76. The maximum atomic E-state index is 11.5. The molecule has 0 aromatic heterocycles. The fourth-order valence-corrected chi connectivity index (χ4v) is 2.31. The fourth-order valence-electron chi connectivity index (χ4n) is 2.31. The van der Waals surface area contributed by atoms with Crippen LogP contribution >= 0.6 is 0 Å². The Morgan fingerprint density at radius 2 is 2.20 bits per heavy atom. The molecule has 3 nitrogen and oxygen atoms in total. The zero-order valence-electron chi connectivity index (χ0n) is 9.81. The lowest BCUT2D eigenvalue weighted by molar-refractivity contribution is -0.122. The lowest BCUT2D eigenvalue weighted by atomic mass is 9.77. The molecule has 1 saturated heterocycles. The van der Waals surface area contributed by atoms with E-state index in [0.29, 0.717) is 17.4 Å². The second-order valence-electron chi connectivity index (χ2n) is 5.62. The minimum atomic E-state index is 0.262. The standard InChI is InChI=1S/C12H22N2O/c1-12(2)6-3-7-13-10(12)8-14-11(15)9-4-5-9/h9-10,13H,3-8H2,1-2H3,(H,14,15). The van der Waals surface area contributed by atoms with Gasteiger partial charge in [-0.05, 0) is 37.6 Å². The van der Waals surface area contributed by atoms with Crippen LogP contribution in [0.4, 0.5) is 0 Å². The van der Waals surface area contributed by atoms with E-state index in [4.69, 9.17) is 0 Å². The summed E-state index contributed by atoms with van der Waals surface area (Å²) in [5.74, 6) is 0.592. The van der Waals surface area contributed by atoms with E-state index in [2.05, 4.69) is 24.5 Å². The van der Waals surface area contributed by atoms with Crippen LogP contribution in [0.1, 0.15) is 39.5 Å². The van der Waals surface area contributed by atoms with Crippen molar-refractivity contribution in [1.82, 2.24) is 10.6 Å². The summed E-state index contributed by atoms with van der Waals surface area (Å²) >= 11 is 0. The Kier molecular flexibility index (Phi) is 3.01. The first-order valence-corrected chi connectivity index (χ1v) is 6.11. The van der Waals surface area contributed by atoms with Gasteiger partial charge in [0.15, 0.2) is 0 Å². The van der Waals surface area contributed by atoms with Crippen molar-refractivity contribution in [3.8, 4) is 0 Å². The van der Waals surface area contributed by atoms with Crippen LogP contribution in [0.25, 0.3) is 0 Å². The van der Waals surface area contributed by atoms with Crippen LogP contribution in [0.15, 0.2) is 0 Å². The summed E-state index contributed by atoms with van der Waals surface area (Å²) in [5, 5.41) is 6.58. The smallest absolute Gasteiger partial charge is 0.223 e. The molecule has 1 atom stereocenters. The molecular weight excluding hydrogens is 188 g/mol. The molecule has 1 heterocycles. The van der Waals surface area contributed by atoms with Crippen molar-refractivity contribution >= 4 is 5.91 Å². The quantitative estimate of drug-likeness (QED) is 0.737. The first kappa shape index (κ1) is 10.9. The number of piperidine rings is 1. The number of rotatable bonds is 3. The highest BCUT2D eigenvalue weighted by Crippen LogP contribution is 2.31. The van der Waals surface area contributed by atoms with Crippen molar-refractivity contribution < 1.29 is 4.79 Å². The zero-order valence-corrected chi connectivity index (χ0v) is 9.81. The molecule has 1 saturated carbocycles. The molecule has 0 spiro atoms. The number of carbonyl (C=O) groups excluding carboxylic acids is 1. The second-order valence-corrected chi connectivity index (χ2v) is 5.62. The van der Waals surface area contributed by atoms with E-state index in [1.807, 2.05) is 0 Å². The van der Waals surface area contributed by atoms with Crippen LogP contribution in [-0.2, 0) is 4.79 Å². The molecule has 1 unspecified atom stereocenters. The van der Waals surface area contributed by atoms with E-state index in [9.17, 15) is 4.79 Å². The molecule has 2 N–H and O–H groups in total. The highest BCUT2D eigenvalue weighted by molar-refractivity contribution is 5.80. The molecule has 0 aromatic rings. The van der Waals surface area contributed by atoms with Gasteiger partial charge in [-0.25, -0.2) is 0 Å². The van der Waals surface area contributed by atoms with Crippen LogP contribution < -0.4 is 10.6 Å². The van der Waals surface area contributed by atoms with Crippen LogP contribution in [0.5, 0.6) is 0 Å². The van der Waals surface area contributed by atoms with Gasteiger partial charge in [-0.15, -0.1) is 0 Å². The third-order valence-corrected chi connectivity index (χ3v) is 3.76. The number of carbonyl (C=O) groups is 1. The van der Waals surface area contributed by atoms with E-state index in [1.165, 1.54) is 12.8 Å². The highest BCUT2D eigenvalue weighted by atomic mass is 16.2. The van der Waals surface area contributed by atoms with Crippen molar-refractivity contribution in [1.29, 1.82) is 0 Å². The van der Waals surface area contributed by atoms with Gasteiger partial charge in [0.1, 0.15) is 0 Å². The van der Waals surface area contributed by atoms with Crippen molar-refractivity contribution in [3.05, 3.63) is 0 Å². The molecule has 15 heavy (non-hydrogen) atoms. The lowest BCUT2D eigenvalue weighted by Crippen LogP contribution is -2.53. The van der Waals surface area contributed by atoms with E-state index in [0.717, 1.165) is 25.9 Å². The van der Waals surface area contributed by atoms with Crippen molar-refractivity contribution in [2.24, 2.45) is 11.3 Å². The van der Waals surface area contributed by atoms with E-state index < -0.39 is 0 Å². The minimum absolute atomic E-state index is 0.262. The molecule has 2 fully saturated rings. The largest absolute Gasteiger partial charge is 0.354 e. The summed E-state index contributed by atoms with van der Waals surface area (Å²) in [6, 6.07) is 0.439. The SMILES string of the molecule is CC1(C)CCCNC1CNC(=O)C1CC1. The van der Waals surface area contributed by atoms with Crippen molar-refractivity contribution in [2.45, 2.75) is 45.6 Å². The normalized spacial score (nSPS) is 29.9. The molecule has 0 aromatic carbocycles. The van der Waals surface area contributed by atoms with Gasteiger partial charge in [-0.3, -0.25) is 4.79 Å². The Bertz CT molecular complexity index is 246. The predicted molar refractivity (Wildman–Crippen MR) is 60.5 cm³/mol. The van der Waals surface area contributed by atoms with Crippen LogP contribution in [0, 0.1) is 11.3 Å². The summed E-state index contributed by atoms with van der Waals surface area (Å²) in [7, 11) is 0. The first-order chi connectivity index (χ1) is 7.09. The summed E-state index contributed by atoms with van der Waals surface area (Å²) in [6.45, 7) is 6.45. The van der Waals surface area contributed by atoms with Gasteiger partial charge < -0.3 is 10.6 Å². The second kappa shape index (κ2) is 4.12. The molecule has 0 bridgehead atoms. The number of amides is 1. The fraction of sp³-hybridized carbons (Fsp3) is 0.917. The zero-order chi connectivity index (χ0) is 10.9. The average molecular weight is 210 g/mol. The average Bonchev–Trinajstić information content (AvgIpc) is 2.98. The number of hydrogen-bond acceptors (Lipinski definition) is 2. The molecular formula is C12H22N2O. The van der Waals surface area contributed by atoms with E-state index in [1.54, 1.807) is 0 Å². The molecule has 86 valence electrons. The molecule has 2 aliphatic rings. The van der Waals surface area contributed by atoms with Gasteiger partial charge in [-0.2, -0.15) is 0 Å². The molecule has 2 rings (SSSR count). The van der Waals surface area contributed by atoms with Gasteiger partial charge in [0.25, 0.3) is 0 Å². The van der Waals surface area contributed by atoms with Crippen LogP contribution in [-0.4, -0.2) is 25.0 Å². The Morgan fingerprint density at radius 1 is 1.47 bits per heavy atom. The molecule has 0 radical (unpaired) electrons. The van der Waals surface area contributed by atoms with Crippen LogP contribution in [0.3, 0.4) is 0 Å². The Morgan fingerprint density at radius 3 is 2.80 bits per heavy atom. The predicted octanol–water partition coefficient (Wildman–Crippen LogP) is 1.29. The molecule has 1 amide bonds. The van der Waals surface area contributed by atoms with Crippen LogP contribution in [0.2, 0.25) is 0 Å². The Balaban J connectivity index is 1.79. The number of nitrogens with one attached hydrogen (secondary N) is 2. The van der Waals surface area contributed by atoms with E-state index in [-0.39, 0.29) is 5.91 Å². The Labute approximate surface area is 92.0 Å². The highest BCUT2D eigenvalue weighted by Gasteiger charge is 2.34. The summed E-state index contributed by atoms with van der Waals surface area (Å²) < 4.78 is 0. The summed E-state index contributed by atoms with van der Waals surface area (Å²) in [4.78, 5) is 11.5. The van der Waals surface area contributed by atoms with Crippen molar-refractivity contribution in [2.75, 3.05) is 13.1 Å². The summed E-state index contributed by atoms with van der Waals surface area (Å²) in [5.41, 5.74) is 0.315. The van der Waals surface area contributed by atoms with Gasteiger partial charge in [0.05, 0.1) is 0 Å². The topological polar surface area (TPSA) is 41.1 Å². The molecule has 3 heteroatoms. The third kappa shape index (κ3) is 2.71.